The van der Waals surface area contributed by atoms with E-state index < -0.39 is 0 Å². The van der Waals surface area contributed by atoms with Crippen LogP contribution in [0.3, 0.4) is 0 Å². The highest BCUT2D eigenvalue weighted by atomic mass is 35.5. The number of H-pyrrole nitrogens is 1. The Balaban J connectivity index is 1.71. The summed E-state index contributed by atoms with van der Waals surface area (Å²) in [5, 5.41) is 0.776. The summed E-state index contributed by atoms with van der Waals surface area (Å²) >= 11 is 12.5. The first-order valence-corrected chi connectivity index (χ1v) is 9.72. The molecule has 1 aliphatic heterocycles. The number of methoxy groups -OCH3 is 1. The number of halogens is 2. The van der Waals surface area contributed by atoms with Gasteiger partial charge in [0, 0.05) is 11.3 Å². The minimum atomic E-state index is -0.338. The fourth-order valence-corrected chi connectivity index (χ4v) is 4.15. The van der Waals surface area contributed by atoms with Crippen molar-refractivity contribution >= 4 is 45.8 Å². The fourth-order valence-electron chi connectivity index (χ4n) is 3.81. The Morgan fingerprint density at radius 1 is 1.03 bits per heavy atom. The number of nitrogens with zero attached hydrogens (tertiary/aromatic N) is 2. The molecule has 1 aromatic heterocycles. The maximum atomic E-state index is 13.4. The summed E-state index contributed by atoms with van der Waals surface area (Å²) in [7, 11) is 1.62. The highest BCUT2D eigenvalue weighted by Crippen LogP contribution is 2.44. The Bertz CT molecular complexity index is 1250. The van der Waals surface area contributed by atoms with Crippen molar-refractivity contribution < 1.29 is 9.53 Å². The number of hydrogen-bond donors (Lipinski definition) is 1. The van der Waals surface area contributed by atoms with Crippen LogP contribution >= 0.6 is 23.2 Å². The molecule has 0 spiro atoms. The molecule has 1 atom stereocenters. The molecule has 1 amide bonds. The van der Waals surface area contributed by atoms with Gasteiger partial charge in [-0.15, -0.1) is 0 Å². The fraction of sp³-hybridized carbons (Fsp3) is 0.0909. The molecule has 144 valence electrons. The van der Waals surface area contributed by atoms with Crippen molar-refractivity contribution in [1.82, 2.24) is 9.97 Å². The molecule has 0 fully saturated rings. The third-order valence-electron chi connectivity index (χ3n) is 5.21. The van der Waals surface area contributed by atoms with Crippen molar-refractivity contribution in [2.45, 2.75) is 6.04 Å². The lowest BCUT2D eigenvalue weighted by molar-refractivity contribution is 0.0993. The van der Waals surface area contributed by atoms with E-state index in [-0.39, 0.29) is 11.9 Å². The summed E-state index contributed by atoms with van der Waals surface area (Å²) in [5.74, 6) is 0.617. The van der Waals surface area contributed by atoms with Crippen LogP contribution in [0.2, 0.25) is 10.0 Å². The van der Waals surface area contributed by atoms with Gasteiger partial charge in [0.05, 0.1) is 40.6 Å². The number of ether oxygens (including phenoxy) is 1. The van der Waals surface area contributed by atoms with Crippen molar-refractivity contribution in [3.05, 3.63) is 87.7 Å². The Morgan fingerprint density at radius 3 is 2.55 bits per heavy atom. The van der Waals surface area contributed by atoms with Crippen molar-refractivity contribution in [2.24, 2.45) is 0 Å². The quantitative estimate of drug-likeness (QED) is 0.464. The van der Waals surface area contributed by atoms with E-state index in [1.54, 1.807) is 30.5 Å². The van der Waals surface area contributed by atoms with Crippen molar-refractivity contribution in [2.75, 3.05) is 12.0 Å². The monoisotopic (exact) mass is 423 g/mol. The lowest BCUT2D eigenvalue weighted by Gasteiger charge is -2.26. The molecule has 5 nitrogen and oxygen atoms in total. The summed E-state index contributed by atoms with van der Waals surface area (Å²) in [5.41, 5.74) is 4.75. The zero-order chi connectivity index (χ0) is 20.1. The summed E-state index contributed by atoms with van der Waals surface area (Å²) in [6.07, 6.45) is 1.63. The summed E-state index contributed by atoms with van der Waals surface area (Å²) in [6.45, 7) is 0. The van der Waals surface area contributed by atoms with Gasteiger partial charge in [-0.3, -0.25) is 9.69 Å². The van der Waals surface area contributed by atoms with Crippen molar-refractivity contribution in [3.63, 3.8) is 0 Å². The van der Waals surface area contributed by atoms with E-state index in [4.69, 9.17) is 27.9 Å². The molecule has 0 saturated heterocycles. The van der Waals surface area contributed by atoms with Gasteiger partial charge >= 0.3 is 0 Å². The number of carbonyl (C=O) groups excluding carboxylic acids is 1. The number of imidazole rings is 1. The second kappa shape index (κ2) is 6.79. The van der Waals surface area contributed by atoms with E-state index in [1.165, 1.54) is 0 Å². The van der Waals surface area contributed by atoms with Crippen molar-refractivity contribution in [3.8, 4) is 5.75 Å². The predicted octanol–water partition coefficient (Wildman–Crippen LogP) is 5.63. The number of aromatic nitrogens is 2. The van der Waals surface area contributed by atoms with Crippen molar-refractivity contribution in [1.29, 1.82) is 0 Å². The Kier molecular flexibility index (Phi) is 4.23. The maximum absolute atomic E-state index is 13.4. The standard InChI is InChI=1S/C22H15Cl2N3O2/c1-29-14-5-2-12(3-6-14)21-15-9-17(23)18(24)10-16(15)22(28)27(21)13-4-7-19-20(8-13)26-11-25-19/h2-11,21H,1H3,(H,25,26). The van der Waals surface area contributed by atoms with Crippen LogP contribution in [0.25, 0.3) is 11.0 Å². The topological polar surface area (TPSA) is 58.2 Å². The van der Waals surface area contributed by atoms with Gasteiger partial charge in [-0.25, -0.2) is 4.98 Å². The molecule has 1 aliphatic rings. The molecule has 5 rings (SSSR count). The van der Waals surface area contributed by atoms with Crippen LogP contribution in [0.15, 0.2) is 60.9 Å². The van der Waals surface area contributed by atoms with E-state index >= 15 is 0 Å². The van der Waals surface area contributed by atoms with E-state index in [9.17, 15) is 4.79 Å². The number of anilines is 1. The number of hydrogen-bond acceptors (Lipinski definition) is 3. The number of aromatic amines is 1. The molecule has 1 N–H and O–H groups in total. The number of carbonyl (C=O) groups is 1. The first-order valence-electron chi connectivity index (χ1n) is 8.96. The molecule has 0 saturated carbocycles. The molecule has 0 bridgehead atoms. The second-order valence-electron chi connectivity index (χ2n) is 6.81. The average molecular weight is 424 g/mol. The predicted molar refractivity (Wildman–Crippen MR) is 114 cm³/mol. The van der Waals surface area contributed by atoms with E-state index in [2.05, 4.69) is 9.97 Å². The van der Waals surface area contributed by atoms with Gasteiger partial charge in [0.2, 0.25) is 0 Å². The summed E-state index contributed by atoms with van der Waals surface area (Å²) < 4.78 is 5.28. The van der Waals surface area contributed by atoms with Gasteiger partial charge in [-0.1, -0.05) is 35.3 Å². The first kappa shape index (κ1) is 18.0. The zero-order valence-electron chi connectivity index (χ0n) is 15.3. The van der Waals surface area contributed by atoms with Gasteiger partial charge in [0.1, 0.15) is 5.75 Å². The molecule has 0 aliphatic carbocycles. The second-order valence-corrected chi connectivity index (χ2v) is 7.62. The van der Waals surface area contributed by atoms with Crippen LogP contribution in [0.1, 0.15) is 27.5 Å². The molecule has 29 heavy (non-hydrogen) atoms. The number of nitrogens with one attached hydrogen (secondary N) is 1. The van der Waals surface area contributed by atoms with E-state index in [0.29, 0.717) is 15.6 Å². The zero-order valence-corrected chi connectivity index (χ0v) is 16.8. The van der Waals surface area contributed by atoms with Crippen LogP contribution in [-0.4, -0.2) is 23.0 Å². The number of rotatable bonds is 3. The van der Waals surface area contributed by atoms with E-state index in [1.807, 2.05) is 42.5 Å². The SMILES string of the molecule is COc1ccc(C2c3cc(Cl)c(Cl)cc3C(=O)N2c2ccc3[nH]cnc3c2)cc1. The van der Waals surface area contributed by atoms with Crippen LogP contribution in [0, 0.1) is 0 Å². The van der Waals surface area contributed by atoms with Crippen LogP contribution < -0.4 is 9.64 Å². The van der Waals surface area contributed by atoms with Gasteiger partial charge in [0.15, 0.2) is 0 Å². The van der Waals surface area contributed by atoms with Crippen LogP contribution in [-0.2, 0) is 0 Å². The normalized spacial score (nSPS) is 15.8. The molecular weight excluding hydrogens is 409 g/mol. The number of amides is 1. The molecule has 2 heterocycles. The highest BCUT2D eigenvalue weighted by Gasteiger charge is 2.39. The largest absolute Gasteiger partial charge is 0.497 e. The third-order valence-corrected chi connectivity index (χ3v) is 5.93. The molecule has 1 unspecified atom stereocenters. The van der Waals surface area contributed by atoms with Gasteiger partial charge in [-0.05, 0) is 53.6 Å². The summed E-state index contributed by atoms with van der Waals surface area (Å²) in [4.78, 5) is 22.6. The number of benzene rings is 3. The Morgan fingerprint density at radius 2 is 1.79 bits per heavy atom. The van der Waals surface area contributed by atoms with Gasteiger partial charge < -0.3 is 9.72 Å². The Hall–Kier alpha value is -3.02. The molecule has 7 heteroatoms. The third kappa shape index (κ3) is 2.85. The molecule has 0 radical (unpaired) electrons. The van der Waals surface area contributed by atoms with Gasteiger partial charge in [-0.2, -0.15) is 0 Å². The lowest BCUT2D eigenvalue weighted by Crippen LogP contribution is -2.28. The maximum Gasteiger partial charge on any atom is 0.259 e. The molecular formula is C22H15Cl2N3O2. The first-order chi connectivity index (χ1) is 14.1. The molecule has 4 aromatic rings. The minimum Gasteiger partial charge on any atom is -0.497 e. The van der Waals surface area contributed by atoms with Crippen LogP contribution in [0.4, 0.5) is 5.69 Å². The minimum absolute atomic E-state index is 0.130. The lowest BCUT2D eigenvalue weighted by atomic mass is 9.97. The smallest absolute Gasteiger partial charge is 0.259 e. The Labute approximate surface area is 176 Å². The van der Waals surface area contributed by atoms with Crippen LogP contribution in [0.5, 0.6) is 5.75 Å². The summed E-state index contributed by atoms with van der Waals surface area (Å²) in [6, 6.07) is 16.5. The molecule has 3 aromatic carbocycles. The number of fused-ring (bicyclic) bond motifs is 2. The van der Waals surface area contributed by atoms with E-state index in [0.717, 1.165) is 33.6 Å². The highest BCUT2D eigenvalue weighted by molar-refractivity contribution is 6.42. The average Bonchev–Trinajstić information content (AvgIpc) is 3.31. The van der Waals surface area contributed by atoms with Gasteiger partial charge in [0.25, 0.3) is 5.91 Å².